The molecular formula is C16H23N3O. The van der Waals surface area contributed by atoms with Crippen molar-refractivity contribution in [1.82, 2.24) is 15.0 Å². The topological polar surface area (TPSA) is 39.9 Å². The zero-order valence-electron chi connectivity index (χ0n) is 13.0. The predicted octanol–water partition coefficient (Wildman–Crippen LogP) is 2.92. The summed E-state index contributed by atoms with van der Waals surface area (Å²) in [6.07, 6.45) is 3.89. The van der Waals surface area contributed by atoms with Gasteiger partial charge in [-0.1, -0.05) is 5.21 Å². The Hall–Kier alpha value is -1.84. The van der Waals surface area contributed by atoms with Crippen molar-refractivity contribution in [2.45, 2.75) is 40.5 Å². The summed E-state index contributed by atoms with van der Waals surface area (Å²) >= 11 is 0. The van der Waals surface area contributed by atoms with Gasteiger partial charge >= 0.3 is 0 Å². The highest BCUT2D eigenvalue weighted by atomic mass is 16.5. The standard InChI is InChI=1S/C16H23N3O/c1-6-20-16-9-11(2)15(12(3)13(16)4)8-7-14-10-19(5)18-17-14/h9-10H,6-8H2,1-5H3. The monoisotopic (exact) mass is 273 g/mol. The summed E-state index contributed by atoms with van der Waals surface area (Å²) in [5.41, 5.74) is 6.30. The molecule has 108 valence electrons. The van der Waals surface area contributed by atoms with Crippen LogP contribution in [0.2, 0.25) is 0 Å². The van der Waals surface area contributed by atoms with Crippen molar-refractivity contribution in [3.8, 4) is 5.75 Å². The predicted molar refractivity (Wildman–Crippen MR) is 80.2 cm³/mol. The first kappa shape index (κ1) is 14.6. The van der Waals surface area contributed by atoms with E-state index in [9.17, 15) is 0 Å². The van der Waals surface area contributed by atoms with Gasteiger partial charge in [-0.3, -0.25) is 4.68 Å². The minimum absolute atomic E-state index is 0.707. The maximum atomic E-state index is 5.69. The Morgan fingerprint density at radius 3 is 2.50 bits per heavy atom. The first-order valence-electron chi connectivity index (χ1n) is 7.10. The maximum absolute atomic E-state index is 5.69. The molecule has 0 saturated carbocycles. The first-order valence-corrected chi connectivity index (χ1v) is 7.10. The van der Waals surface area contributed by atoms with Crippen LogP contribution in [0.3, 0.4) is 0 Å². The molecule has 0 amide bonds. The molecule has 4 heteroatoms. The van der Waals surface area contributed by atoms with Crippen molar-refractivity contribution in [1.29, 1.82) is 0 Å². The van der Waals surface area contributed by atoms with Crippen LogP contribution in [0.1, 0.15) is 34.9 Å². The van der Waals surface area contributed by atoms with Gasteiger partial charge < -0.3 is 4.74 Å². The van der Waals surface area contributed by atoms with Crippen molar-refractivity contribution in [3.63, 3.8) is 0 Å². The molecule has 0 atom stereocenters. The summed E-state index contributed by atoms with van der Waals surface area (Å²) in [6.45, 7) is 9.19. The average Bonchev–Trinajstić information content (AvgIpc) is 2.81. The van der Waals surface area contributed by atoms with Crippen LogP contribution in [-0.2, 0) is 19.9 Å². The lowest BCUT2D eigenvalue weighted by molar-refractivity contribution is 0.337. The summed E-state index contributed by atoms with van der Waals surface area (Å²) < 4.78 is 7.44. The highest BCUT2D eigenvalue weighted by Crippen LogP contribution is 2.28. The van der Waals surface area contributed by atoms with Gasteiger partial charge in [0.05, 0.1) is 12.3 Å². The zero-order chi connectivity index (χ0) is 14.7. The minimum atomic E-state index is 0.707. The number of benzene rings is 1. The van der Waals surface area contributed by atoms with Gasteiger partial charge in [-0.15, -0.1) is 5.10 Å². The molecule has 2 rings (SSSR count). The highest BCUT2D eigenvalue weighted by molar-refractivity contribution is 5.48. The number of aryl methyl sites for hydroxylation is 3. The van der Waals surface area contributed by atoms with E-state index in [1.807, 2.05) is 20.2 Å². The Morgan fingerprint density at radius 1 is 1.15 bits per heavy atom. The number of hydrogen-bond donors (Lipinski definition) is 0. The maximum Gasteiger partial charge on any atom is 0.122 e. The fourth-order valence-electron chi connectivity index (χ4n) is 2.55. The molecule has 1 aromatic heterocycles. The Labute approximate surface area is 120 Å². The normalized spacial score (nSPS) is 10.8. The lowest BCUT2D eigenvalue weighted by Crippen LogP contribution is -2.03. The SMILES string of the molecule is CCOc1cc(C)c(CCc2cn(C)nn2)c(C)c1C. The molecule has 4 nitrogen and oxygen atoms in total. The average molecular weight is 273 g/mol. The molecule has 0 aliphatic rings. The molecule has 0 N–H and O–H groups in total. The fraction of sp³-hybridized carbons (Fsp3) is 0.500. The highest BCUT2D eigenvalue weighted by Gasteiger charge is 2.11. The molecule has 0 aliphatic carbocycles. The number of nitrogens with zero attached hydrogens (tertiary/aromatic N) is 3. The number of aromatic nitrogens is 3. The van der Waals surface area contributed by atoms with E-state index >= 15 is 0 Å². The molecule has 0 bridgehead atoms. The van der Waals surface area contributed by atoms with Crippen LogP contribution in [0.15, 0.2) is 12.3 Å². The van der Waals surface area contributed by atoms with E-state index in [0.29, 0.717) is 6.61 Å². The fourth-order valence-corrected chi connectivity index (χ4v) is 2.55. The number of ether oxygens (including phenoxy) is 1. The number of hydrogen-bond acceptors (Lipinski definition) is 3. The van der Waals surface area contributed by atoms with E-state index in [0.717, 1.165) is 24.3 Å². The molecule has 0 spiro atoms. The largest absolute Gasteiger partial charge is 0.494 e. The second kappa shape index (κ2) is 6.07. The van der Waals surface area contributed by atoms with Gasteiger partial charge in [0.25, 0.3) is 0 Å². The van der Waals surface area contributed by atoms with E-state index < -0.39 is 0 Å². The van der Waals surface area contributed by atoms with Gasteiger partial charge in [0.2, 0.25) is 0 Å². The van der Waals surface area contributed by atoms with E-state index in [4.69, 9.17) is 4.74 Å². The van der Waals surface area contributed by atoms with Crippen molar-refractivity contribution in [2.75, 3.05) is 6.61 Å². The lowest BCUT2D eigenvalue weighted by atomic mass is 9.94. The molecule has 0 saturated heterocycles. The van der Waals surface area contributed by atoms with Gasteiger partial charge in [-0.25, -0.2) is 0 Å². The molecular weight excluding hydrogens is 250 g/mol. The summed E-state index contributed by atoms with van der Waals surface area (Å²) in [7, 11) is 1.90. The molecule has 20 heavy (non-hydrogen) atoms. The molecule has 2 aromatic rings. The quantitative estimate of drug-likeness (QED) is 0.841. The third kappa shape index (κ3) is 3.00. The van der Waals surface area contributed by atoms with Crippen LogP contribution in [0, 0.1) is 20.8 Å². The molecule has 0 radical (unpaired) electrons. The van der Waals surface area contributed by atoms with E-state index in [1.165, 1.54) is 22.3 Å². The second-order valence-electron chi connectivity index (χ2n) is 5.24. The van der Waals surface area contributed by atoms with Crippen LogP contribution in [0.25, 0.3) is 0 Å². The smallest absolute Gasteiger partial charge is 0.122 e. The summed E-state index contributed by atoms with van der Waals surface area (Å²) in [6, 6.07) is 2.15. The summed E-state index contributed by atoms with van der Waals surface area (Å²) in [4.78, 5) is 0. The lowest BCUT2D eigenvalue weighted by Gasteiger charge is -2.16. The Kier molecular flexibility index (Phi) is 4.42. The van der Waals surface area contributed by atoms with E-state index in [-0.39, 0.29) is 0 Å². The van der Waals surface area contributed by atoms with Crippen LogP contribution >= 0.6 is 0 Å². The minimum Gasteiger partial charge on any atom is -0.494 e. The molecule has 0 aliphatic heterocycles. The van der Waals surface area contributed by atoms with E-state index in [2.05, 4.69) is 37.1 Å². The van der Waals surface area contributed by atoms with Gasteiger partial charge in [0.15, 0.2) is 0 Å². The first-order chi connectivity index (χ1) is 9.52. The van der Waals surface area contributed by atoms with Crippen molar-refractivity contribution >= 4 is 0 Å². The second-order valence-corrected chi connectivity index (χ2v) is 5.24. The van der Waals surface area contributed by atoms with Crippen LogP contribution in [0.4, 0.5) is 0 Å². The van der Waals surface area contributed by atoms with Gasteiger partial charge in [-0.05, 0) is 68.9 Å². The van der Waals surface area contributed by atoms with Gasteiger partial charge in [0.1, 0.15) is 5.75 Å². The van der Waals surface area contributed by atoms with Crippen molar-refractivity contribution in [2.24, 2.45) is 7.05 Å². The zero-order valence-corrected chi connectivity index (χ0v) is 13.0. The molecule has 1 heterocycles. The van der Waals surface area contributed by atoms with Gasteiger partial charge in [0, 0.05) is 13.2 Å². The van der Waals surface area contributed by atoms with Crippen LogP contribution < -0.4 is 4.74 Å². The molecule has 0 unspecified atom stereocenters. The van der Waals surface area contributed by atoms with Crippen LogP contribution in [-0.4, -0.2) is 21.6 Å². The third-order valence-electron chi connectivity index (χ3n) is 3.79. The Balaban J connectivity index is 2.21. The number of rotatable bonds is 5. The van der Waals surface area contributed by atoms with E-state index in [1.54, 1.807) is 4.68 Å². The molecule has 1 aromatic carbocycles. The summed E-state index contributed by atoms with van der Waals surface area (Å²) in [5, 5.41) is 8.12. The van der Waals surface area contributed by atoms with Gasteiger partial charge in [-0.2, -0.15) is 0 Å². The Bertz CT molecular complexity index is 602. The van der Waals surface area contributed by atoms with Crippen LogP contribution in [0.5, 0.6) is 5.75 Å². The summed E-state index contributed by atoms with van der Waals surface area (Å²) in [5.74, 6) is 1.01. The molecule has 0 fully saturated rings. The third-order valence-corrected chi connectivity index (χ3v) is 3.79. The van der Waals surface area contributed by atoms with Crippen molar-refractivity contribution in [3.05, 3.63) is 40.2 Å². The van der Waals surface area contributed by atoms with Crippen molar-refractivity contribution < 1.29 is 4.74 Å². The Morgan fingerprint density at radius 2 is 1.90 bits per heavy atom.